The highest BCUT2D eigenvalue weighted by atomic mass is 35.5. The summed E-state index contributed by atoms with van der Waals surface area (Å²) in [6.45, 7) is 5.80. The Morgan fingerprint density at radius 2 is 1.81 bits per heavy atom. The van der Waals surface area contributed by atoms with Gasteiger partial charge in [0.15, 0.2) is 0 Å². The van der Waals surface area contributed by atoms with Crippen LogP contribution >= 0.6 is 23.2 Å². The molecular weight excluding hydrogens is 537 g/mol. The van der Waals surface area contributed by atoms with Gasteiger partial charge in [-0.1, -0.05) is 42.3 Å². The number of rotatable bonds is 13. The third kappa shape index (κ3) is 9.09. The van der Waals surface area contributed by atoms with Gasteiger partial charge in [0.1, 0.15) is 11.8 Å². The van der Waals surface area contributed by atoms with Gasteiger partial charge in [0, 0.05) is 30.6 Å². The lowest BCUT2D eigenvalue weighted by molar-refractivity contribution is -0.140. The zero-order valence-electron chi connectivity index (χ0n) is 21.8. The van der Waals surface area contributed by atoms with Crippen molar-refractivity contribution in [2.45, 2.75) is 58.7 Å². The number of ether oxygens (including phenoxy) is 1. The minimum atomic E-state index is -3.64. The van der Waals surface area contributed by atoms with Crippen LogP contribution in [0.1, 0.15) is 45.6 Å². The number of carbonyl (C=O) groups excluding carboxylic acids is 2. The van der Waals surface area contributed by atoms with Crippen LogP contribution in [0, 0.1) is 0 Å². The standard InChI is InChI=1S/C26H35Cl2N3O5S/c1-6-18(2)29-26(33)19(3)30(17-20-9-7-10-21(27)15-20)25(32)11-8-14-31(37(5,34)35)22-12-13-24(36-4)23(28)16-22/h7,9-10,12-13,15-16,18-19H,6,8,11,14,17H2,1-5H3,(H,29,33). The second-order valence-corrected chi connectivity index (χ2v) is 11.7. The average molecular weight is 573 g/mol. The van der Waals surface area contributed by atoms with Crippen molar-refractivity contribution in [1.29, 1.82) is 0 Å². The summed E-state index contributed by atoms with van der Waals surface area (Å²) in [4.78, 5) is 27.7. The van der Waals surface area contributed by atoms with Crippen LogP contribution in [0.3, 0.4) is 0 Å². The maximum Gasteiger partial charge on any atom is 0.242 e. The molecule has 0 spiro atoms. The van der Waals surface area contributed by atoms with Crippen molar-refractivity contribution in [1.82, 2.24) is 10.2 Å². The lowest BCUT2D eigenvalue weighted by Gasteiger charge is -2.30. The van der Waals surface area contributed by atoms with Gasteiger partial charge < -0.3 is 15.0 Å². The fourth-order valence-corrected chi connectivity index (χ4v) is 5.12. The summed E-state index contributed by atoms with van der Waals surface area (Å²) in [6.07, 6.45) is 2.13. The highest BCUT2D eigenvalue weighted by Gasteiger charge is 2.27. The minimum Gasteiger partial charge on any atom is -0.495 e. The van der Waals surface area contributed by atoms with Gasteiger partial charge in [0.05, 0.1) is 24.1 Å². The Balaban J connectivity index is 2.20. The van der Waals surface area contributed by atoms with Crippen LogP contribution in [0.5, 0.6) is 5.75 Å². The maximum atomic E-state index is 13.3. The first-order valence-corrected chi connectivity index (χ1v) is 14.6. The van der Waals surface area contributed by atoms with Crippen LogP contribution < -0.4 is 14.4 Å². The zero-order valence-corrected chi connectivity index (χ0v) is 24.2. The van der Waals surface area contributed by atoms with Gasteiger partial charge >= 0.3 is 0 Å². The molecule has 0 aliphatic heterocycles. The van der Waals surface area contributed by atoms with Crippen LogP contribution in [0.2, 0.25) is 10.0 Å². The topological polar surface area (TPSA) is 96.0 Å². The van der Waals surface area contributed by atoms with Crippen LogP contribution in [0.4, 0.5) is 5.69 Å². The summed E-state index contributed by atoms with van der Waals surface area (Å²) in [5.74, 6) is -0.0984. The number of benzene rings is 2. The Kier molecular flexibility index (Phi) is 11.5. The molecule has 37 heavy (non-hydrogen) atoms. The van der Waals surface area contributed by atoms with Gasteiger partial charge in [0.2, 0.25) is 21.8 Å². The number of anilines is 1. The summed E-state index contributed by atoms with van der Waals surface area (Å²) in [6, 6.07) is 11.0. The first kappa shape index (κ1) is 30.7. The number of hydrogen-bond acceptors (Lipinski definition) is 5. The molecular formula is C26H35Cl2N3O5S. The molecule has 0 aliphatic rings. The van der Waals surface area contributed by atoms with E-state index in [9.17, 15) is 18.0 Å². The predicted molar refractivity (Wildman–Crippen MR) is 149 cm³/mol. The Morgan fingerprint density at radius 1 is 1.11 bits per heavy atom. The van der Waals surface area contributed by atoms with Crippen molar-refractivity contribution >= 4 is 50.7 Å². The summed E-state index contributed by atoms with van der Waals surface area (Å²) in [5.41, 5.74) is 1.16. The van der Waals surface area contributed by atoms with Gasteiger partial charge in [-0.2, -0.15) is 0 Å². The van der Waals surface area contributed by atoms with Gasteiger partial charge in [-0.15, -0.1) is 0 Å². The van der Waals surface area contributed by atoms with E-state index in [1.807, 2.05) is 19.9 Å². The van der Waals surface area contributed by atoms with E-state index in [-0.39, 0.29) is 48.8 Å². The van der Waals surface area contributed by atoms with Gasteiger partial charge in [-0.3, -0.25) is 13.9 Å². The molecule has 11 heteroatoms. The Labute approximate surface area is 229 Å². The molecule has 0 aliphatic carbocycles. The van der Waals surface area contributed by atoms with Crippen LogP contribution in [-0.2, 0) is 26.2 Å². The average Bonchev–Trinajstić information content (AvgIpc) is 2.83. The second kappa shape index (κ2) is 13.9. The lowest BCUT2D eigenvalue weighted by Crippen LogP contribution is -2.49. The number of hydrogen-bond donors (Lipinski definition) is 1. The van der Waals surface area contributed by atoms with E-state index < -0.39 is 16.1 Å². The molecule has 0 bridgehead atoms. The normalized spacial score (nSPS) is 12.9. The maximum absolute atomic E-state index is 13.3. The first-order chi connectivity index (χ1) is 17.4. The molecule has 0 heterocycles. The number of halogens is 2. The SMILES string of the molecule is CCC(C)NC(=O)C(C)N(Cc1cccc(Cl)c1)C(=O)CCCN(c1ccc(OC)c(Cl)c1)S(C)(=O)=O. The van der Waals surface area contributed by atoms with Crippen molar-refractivity contribution in [2.75, 3.05) is 24.2 Å². The minimum absolute atomic E-state index is 0.0299. The van der Waals surface area contributed by atoms with Gasteiger partial charge in [0.25, 0.3) is 0 Å². The van der Waals surface area contributed by atoms with E-state index in [1.54, 1.807) is 37.3 Å². The molecule has 2 atom stereocenters. The quantitative estimate of drug-likeness (QED) is 0.369. The summed E-state index contributed by atoms with van der Waals surface area (Å²) < 4.78 is 31.3. The lowest BCUT2D eigenvalue weighted by atomic mass is 10.1. The van der Waals surface area contributed by atoms with Crippen molar-refractivity contribution in [3.8, 4) is 5.75 Å². The van der Waals surface area contributed by atoms with Crippen molar-refractivity contribution in [3.63, 3.8) is 0 Å². The molecule has 2 aromatic carbocycles. The molecule has 2 amide bonds. The largest absolute Gasteiger partial charge is 0.495 e. The number of amides is 2. The highest BCUT2D eigenvalue weighted by molar-refractivity contribution is 7.92. The van der Waals surface area contributed by atoms with Gasteiger partial charge in [-0.05, 0) is 62.6 Å². The number of carbonyl (C=O) groups is 2. The van der Waals surface area contributed by atoms with E-state index in [0.29, 0.717) is 16.5 Å². The van der Waals surface area contributed by atoms with Crippen molar-refractivity contribution in [3.05, 3.63) is 58.1 Å². The van der Waals surface area contributed by atoms with Crippen LogP contribution in [0.25, 0.3) is 0 Å². The first-order valence-electron chi connectivity index (χ1n) is 12.0. The molecule has 204 valence electrons. The predicted octanol–water partition coefficient (Wildman–Crippen LogP) is 4.88. The van der Waals surface area contributed by atoms with Gasteiger partial charge in [-0.25, -0.2) is 8.42 Å². The van der Waals surface area contributed by atoms with E-state index in [2.05, 4.69) is 5.32 Å². The van der Waals surface area contributed by atoms with Crippen molar-refractivity contribution in [2.24, 2.45) is 0 Å². The number of sulfonamides is 1. The Morgan fingerprint density at radius 3 is 2.38 bits per heavy atom. The highest BCUT2D eigenvalue weighted by Crippen LogP contribution is 2.30. The molecule has 2 unspecified atom stereocenters. The Hall–Kier alpha value is -2.49. The number of nitrogens with zero attached hydrogens (tertiary/aromatic N) is 2. The second-order valence-electron chi connectivity index (χ2n) is 8.90. The van der Waals surface area contributed by atoms with E-state index in [1.165, 1.54) is 22.4 Å². The molecule has 0 saturated heterocycles. The molecule has 8 nitrogen and oxygen atoms in total. The molecule has 0 radical (unpaired) electrons. The number of nitrogens with one attached hydrogen (secondary N) is 1. The summed E-state index contributed by atoms with van der Waals surface area (Å²) >= 11 is 12.3. The van der Waals surface area contributed by atoms with Crippen molar-refractivity contribution < 1.29 is 22.7 Å². The van der Waals surface area contributed by atoms with E-state index >= 15 is 0 Å². The molecule has 2 rings (SSSR count). The molecule has 0 aromatic heterocycles. The fraction of sp³-hybridized carbons (Fsp3) is 0.462. The third-order valence-electron chi connectivity index (χ3n) is 5.99. The smallest absolute Gasteiger partial charge is 0.242 e. The van der Waals surface area contributed by atoms with E-state index in [4.69, 9.17) is 27.9 Å². The zero-order chi connectivity index (χ0) is 27.8. The number of methoxy groups -OCH3 is 1. The summed E-state index contributed by atoms with van der Waals surface area (Å²) in [7, 11) is -2.17. The molecule has 0 saturated carbocycles. The third-order valence-corrected chi connectivity index (χ3v) is 7.71. The summed E-state index contributed by atoms with van der Waals surface area (Å²) in [5, 5.41) is 3.73. The fourth-order valence-electron chi connectivity index (χ4n) is 3.69. The van der Waals surface area contributed by atoms with Crippen LogP contribution in [-0.4, -0.2) is 57.1 Å². The Bertz CT molecular complexity index is 1190. The van der Waals surface area contributed by atoms with Crippen LogP contribution in [0.15, 0.2) is 42.5 Å². The monoisotopic (exact) mass is 571 g/mol. The molecule has 1 N–H and O–H groups in total. The van der Waals surface area contributed by atoms with E-state index in [0.717, 1.165) is 18.2 Å². The molecule has 2 aromatic rings. The molecule has 0 fully saturated rings.